The monoisotopic (exact) mass is 333 g/mol. The Hall–Kier alpha value is -1.53. The van der Waals surface area contributed by atoms with Crippen LogP contribution in [0.25, 0.3) is 0 Å². The predicted octanol–water partition coefficient (Wildman–Crippen LogP) is 1.58. The fourth-order valence-corrected chi connectivity index (χ4v) is 3.76. The van der Waals surface area contributed by atoms with Crippen LogP contribution in [-0.4, -0.2) is 55.2 Å². The van der Waals surface area contributed by atoms with Crippen LogP contribution in [0.5, 0.6) is 0 Å². The van der Waals surface area contributed by atoms with Crippen LogP contribution in [0.2, 0.25) is 0 Å². The Morgan fingerprint density at radius 3 is 2.96 bits per heavy atom. The average Bonchev–Trinajstić information content (AvgIpc) is 2.96. The third kappa shape index (κ3) is 3.38. The van der Waals surface area contributed by atoms with Crippen LogP contribution in [0.15, 0.2) is 29.2 Å². The Bertz CT molecular complexity index is 607. The number of thioether (sulfide) groups is 1. The Kier molecular flexibility index (Phi) is 4.92. The number of rotatable bonds is 3. The first-order valence-corrected chi connectivity index (χ1v) is 9.28. The lowest BCUT2D eigenvalue weighted by atomic mass is 10.1. The normalized spacial score (nSPS) is 25.0. The number of nitrogens with zero attached hydrogens (tertiary/aromatic N) is 2. The lowest BCUT2D eigenvalue weighted by Crippen LogP contribution is -2.54. The third-order valence-corrected chi connectivity index (χ3v) is 5.35. The van der Waals surface area contributed by atoms with E-state index in [1.807, 2.05) is 35.4 Å². The maximum absolute atomic E-state index is 12.8. The number of piperazine rings is 1. The van der Waals surface area contributed by atoms with Gasteiger partial charge in [-0.05, 0) is 31.4 Å². The quantitative estimate of drug-likeness (QED) is 0.854. The van der Waals surface area contributed by atoms with Crippen LogP contribution < -0.4 is 10.2 Å². The summed E-state index contributed by atoms with van der Waals surface area (Å²) in [5.41, 5.74) is 0.894. The molecule has 2 saturated heterocycles. The average molecular weight is 333 g/mol. The molecule has 2 aliphatic rings. The molecule has 6 heteroatoms. The van der Waals surface area contributed by atoms with Crippen LogP contribution >= 0.6 is 11.8 Å². The molecule has 2 heterocycles. The number of carbonyl (C=O) groups excluding carboxylic acids is 2. The molecule has 0 spiro atoms. The minimum Gasteiger partial charge on any atom is -0.337 e. The van der Waals surface area contributed by atoms with Gasteiger partial charge in [-0.15, -0.1) is 11.8 Å². The van der Waals surface area contributed by atoms with Gasteiger partial charge in [0.1, 0.15) is 0 Å². The fourth-order valence-electron chi connectivity index (χ4n) is 3.30. The number of benzene rings is 1. The van der Waals surface area contributed by atoms with Crippen molar-refractivity contribution in [2.45, 2.75) is 24.3 Å². The van der Waals surface area contributed by atoms with E-state index in [-0.39, 0.29) is 23.8 Å². The summed E-state index contributed by atoms with van der Waals surface area (Å²) >= 11 is 1.65. The van der Waals surface area contributed by atoms with Crippen molar-refractivity contribution in [2.75, 3.05) is 37.3 Å². The minimum absolute atomic E-state index is 0.0457. The number of anilines is 1. The molecule has 1 N–H and O–H groups in total. The van der Waals surface area contributed by atoms with Gasteiger partial charge in [-0.3, -0.25) is 9.59 Å². The van der Waals surface area contributed by atoms with E-state index in [1.165, 1.54) is 0 Å². The topological polar surface area (TPSA) is 52.7 Å². The summed E-state index contributed by atoms with van der Waals surface area (Å²) in [6.45, 7) is 4.93. The van der Waals surface area contributed by atoms with Crippen molar-refractivity contribution < 1.29 is 9.59 Å². The summed E-state index contributed by atoms with van der Waals surface area (Å²) < 4.78 is 0. The standard InChI is InChI=1S/C17H23N3O2S/c1-12-10-18-6-7-19(12)17(22)13-8-16(21)20(11-13)14-4-3-5-15(9-14)23-2/h3-5,9,12-13,18H,6-8,10-11H2,1-2H3/t12-,13?/m1/s1. The highest BCUT2D eigenvalue weighted by molar-refractivity contribution is 7.98. The first-order chi connectivity index (χ1) is 11.1. The summed E-state index contributed by atoms with van der Waals surface area (Å²) in [5, 5.41) is 3.29. The smallest absolute Gasteiger partial charge is 0.228 e. The van der Waals surface area contributed by atoms with E-state index in [9.17, 15) is 9.59 Å². The van der Waals surface area contributed by atoms with Crippen LogP contribution in [0.1, 0.15) is 13.3 Å². The summed E-state index contributed by atoms with van der Waals surface area (Å²) in [5.74, 6) is -0.0544. The maximum atomic E-state index is 12.8. The van der Waals surface area contributed by atoms with Crippen molar-refractivity contribution in [1.82, 2.24) is 10.2 Å². The molecule has 1 aromatic carbocycles. The van der Waals surface area contributed by atoms with Crippen molar-refractivity contribution in [3.05, 3.63) is 24.3 Å². The summed E-state index contributed by atoms with van der Waals surface area (Å²) in [6, 6.07) is 8.14. The van der Waals surface area contributed by atoms with Gasteiger partial charge in [0.25, 0.3) is 0 Å². The third-order valence-electron chi connectivity index (χ3n) is 4.62. The zero-order valence-corrected chi connectivity index (χ0v) is 14.4. The highest BCUT2D eigenvalue weighted by atomic mass is 32.2. The maximum Gasteiger partial charge on any atom is 0.228 e. The van der Waals surface area contributed by atoms with E-state index >= 15 is 0 Å². The summed E-state index contributed by atoms with van der Waals surface area (Å²) in [7, 11) is 0. The second-order valence-electron chi connectivity index (χ2n) is 6.19. The van der Waals surface area contributed by atoms with Gasteiger partial charge in [0.15, 0.2) is 0 Å². The molecule has 0 bridgehead atoms. The summed E-state index contributed by atoms with van der Waals surface area (Å²) in [4.78, 5) is 30.0. The van der Waals surface area contributed by atoms with Gasteiger partial charge >= 0.3 is 0 Å². The van der Waals surface area contributed by atoms with E-state index in [2.05, 4.69) is 12.2 Å². The number of nitrogens with one attached hydrogen (secondary N) is 1. The lowest BCUT2D eigenvalue weighted by molar-refractivity contribution is -0.138. The molecule has 2 aliphatic heterocycles. The van der Waals surface area contributed by atoms with Gasteiger partial charge in [0, 0.05) is 49.2 Å². The molecular weight excluding hydrogens is 310 g/mol. The lowest BCUT2D eigenvalue weighted by Gasteiger charge is -2.35. The van der Waals surface area contributed by atoms with E-state index in [1.54, 1.807) is 16.7 Å². The highest BCUT2D eigenvalue weighted by Gasteiger charge is 2.38. The van der Waals surface area contributed by atoms with Gasteiger partial charge in [-0.1, -0.05) is 6.07 Å². The molecule has 1 unspecified atom stereocenters. The van der Waals surface area contributed by atoms with Gasteiger partial charge in [-0.2, -0.15) is 0 Å². The van der Waals surface area contributed by atoms with Crippen molar-refractivity contribution in [1.29, 1.82) is 0 Å². The number of hydrogen-bond donors (Lipinski definition) is 1. The van der Waals surface area contributed by atoms with Gasteiger partial charge in [0.05, 0.1) is 5.92 Å². The van der Waals surface area contributed by atoms with Crippen LogP contribution in [0.3, 0.4) is 0 Å². The number of hydrogen-bond acceptors (Lipinski definition) is 4. The second kappa shape index (κ2) is 6.93. The van der Waals surface area contributed by atoms with E-state index in [0.717, 1.165) is 30.2 Å². The highest BCUT2D eigenvalue weighted by Crippen LogP contribution is 2.29. The first kappa shape index (κ1) is 16.3. The van der Waals surface area contributed by atoms with Gasteiger partial charge in [0.2, 0.25) is 11.8 Å². The summed E-state index contributed by atoms with van der Waals surface area (Å²) in [6.07, 6.45) is 2.34. The Morgan fingerprint density at radius 1 is 1.39 bits per heavy atom. The molecule has 124 valence electrons. The Balaban J connectivity index is 1.72. The van der Waals surface area contributed by atoms with E-state index in [0.29, 0.717) is 13.0 Å². The second-order valence-corrected chi connectivity index (χ2v) is 7.07. The Labute approximate surface area is 141 Å². The predicted molar refractivity (Wildman–Crippen MR) is 92.7 cm³/mol. The molecule has 0 saturated carbocycles. The van der Waals surface area contributed by atoms with Crippen LogP contribution in [-0.2, 0) is 9.59 Å². The first-order valence-electron chi connectivity index (χ1n) is 8.05. The molecule has 3 rings (SSSR count). The number of amides is 2. The van der Waals surface area contributed by atoms with Gasteiger partial charge in [-0.25, -0.2) is 0 Å². The zero-order chi connectivity index (χ0) is 16.4. The number of carbonyl (C=O) groups is 2. The molecule has 1 aromatic rings. The molecule has 5 nitrogen and oxygen atoms in total. The molecule has 0 aromatic heterocycles. The molecule has 2 atom stereocenters. The SMILES string of the molecule is CSc1cccc(N2CC(C(=O)N3CCNC[C@H]3C)CC2=O)c1. The van der Waals surface area contributed by atoms with Crippen LogP contribution in [0.4, 0.5) is 5.69 Å². The van der Waals surface area contributed by atoms with E-state index in [4.69, 9.17) is 0 Å². The minimum atomic E-state index is -0.221. The fraction of sp³-hybridized carbons (Fsp3) is 0.529. The zero-order valence-electron chi connectivity index (χ0n) is 13.6. The van der Waals surface area contributed by atoms with Crippen molar-refractivity contribution in [2.24, 2.45) is 5.92 Å². The Morgan fingerprint density at radius 2 is 2.22 bits per heavy atom. The molecule has 2 fully saturated rings. The molecular formula is C17H23N3O2S. The molecule has 0 radical (unpaired) electrons. The molecule has 2 amide bonds. The van der Waals surface area contributed by atoms with Crippen LogP contribution in [0, 0.1) is 5.92 Å². The molecule has 0 aliphatic carbocycles. The largest absolute Gasteiger partial charge is 0.337 e. The van der Waals surface area contributed by atoms with Crippen molar-refractivity contribution in [3.8, 4) is 0 Å². The van der Waals surface area contributed by atoms with Crippen molar-refractivity contribution in [3.63, 3.8) is 0 Å². The molecule has 23 heavy (non-hydrogen) atoms. The van der Waals surface area contributed by atoms with Gasteiger partial charge < -0.3 is 15.1 Å². The van der Waals surface area contributed by atoms with Crippen molar-refractivity contribution >= 4 is 29.3 Å². The van der Waals surface area contributed by atoms with E-state index < -0.39 is 0 Å².